The van der Waals surface area contributed by atoms with Crippen molar-refractivity contribution in [3.8, 4) is 0 Å². The van der Waals surface area contributed by atoms with Crippen LogP contribution < -0.4 is 5.32 Å². The van der Waals surface area contributed by atoms with Crippen LogP contribution >= 0.6 is 0 Å². The quantitative estimate of drug-likeness (QED) is 0.924. The van der Waals surface area contributed by atoms with Crippen LogP contribution in [0.25, 0.3) is 11.0 Å². The van der Waals surface area contributed by atoms with E-state index in [1.807, 2.05) is 18.2 Å². The van der Waals surface area contributed by atoms with E-state index in [-0.39, 0.29) is 5.91 Å². The number of nitrogens with zero attached hydrogens (tertiary/aromatic N) is 3. The minimum atomic E-state index is 0.0190. The molecule has 0 bridgehead atoms. The molecule has 2 aliphatic heterocycles. The number of benzene rings is 1. The smallest absolute Gasteiger partial charge is 0.253 e. The Morgan fingerprint density at radius 2 is 1.91 bits per heavy atom. The van der Waals surface area contributed by atoms with Crippen molar-refractivity contribution in [2.45, 2.75) is 38.8 Å². The monoisotopic (exact) mass is 298 g/mol. The van der Waals surface area contributed by atoms with Gasteiger partial charge in [0.25, 0.3) is 5.91 Å². The van der Waals surface area contributed by atoms with Crippen molar-refractivity contribution in [2.75, 3.05) is 19.6 Å². The van der Waals surface area contributed by atoms with Crippen LogP contribution in [0.5, 0.6) is 0 Å². The fourth-order valence-corrected chi connectivity index (χ4v) is 3.65. The number of likely N-dealkylation sites (tertiary alicyclic amines) is 1. The van der Waals surface area contributed by atoms with E-state index in [0.717, 1.165) is 48.6 Å². The van der Waals surface area contributed by atoms with E-state index in [1.165, 1.54) is 25.7 Å². The highest BCUT2D eigenvalue weighted by molar-refractivity contribution is 6.05. The van der Waals surface area contributed by atoms with E-state index in [2.05, 4.69) is 14.8 Å². The van der Waals surface area contributed by atoms with Gasteiger partial charge in [-0.15, -0.1) is 0 Å². The van der Waals surface area contributed by atoms with Crippen molar-refractivity contribution in [1.29, 1.82) is 0 Å². The Kier molecular flexibility index (Phi) is 3.58. The van der Waals surface area contributed by atoms with E-state index < -0.39 is 0 Å². The van der Waals surface area contributed by atoms with Crippen molar-refractivity contribution in [3.63, 3.8) is 0 Å². The van der Waals surface area contributed by atoms with Gasteiger partial charge in [-0.1, -0.05) is 18.9 Å². The zero-order valence-electron chi connectivity index (χ0n) is 12.8. The molecule has 1 aromatic carbocycles. The summed E-state index contributed by atoms with van der Waals surface area (Å²) in [6.45, 7) is 4.69. The van der Waals surface area contributed by atoms with Gasteiger partial charge in [0.2, 0.25) is 0 Å². The third kappa shape index (κ3) is 2.39. The number of carbonyl (C=O) groups excluding carboxylic acids is 1. The van der Waals surface area contributed by atoms with Gasteiger partial charge in [0.15, 0.2) is 0 Å². The number of hydrogen-bond acceptors (Lipinski definition) is 3. The Morgan fingerprint density at radius 3 is 2.73 bits per heavy atom. The molecule has 116 valence electrons. The van der Waals surface area contributed by atoms with Crippen LogP contribution in [0.4, 0.5) is 0 Å². The number of hydrogen-bond donors (Lipinski definition) is 1. The lowest BCUT2D eigenvalue weighted by atomic mass is 10.2. The van der Waals surface area contributed by atoms with Crippen molar-refractivity contribution < 1.29 is 4.79 Å². The minimum Gasteiger partial charge on any atom is -0.350 e. The molecule has 4 rings (SSSR count). The minimum absolute atomic E-state index is 0.0190. The molecule has 0 spiro atoms. The Balaban J connectivity index is 1.73. The molecule has 1 amide bonds. The van der Waals surface area contributed by atoms with Crippen LogP contribution in [-0.4, -0.2) is 40.0 Å². The molecule has 0 radical (unpaired) electrons. The first-order valence-electron chi connectivity index (χ1n) is 8.31. The zero-order valence-corrected chi connectivity index (χ0v) is 12.8. The maximum atomic E-state index is 12.2. The maximum Gasteiger partial charge on any atom is 0.253 e. The second-order valence-corrected chi connectivity index (χ2v) is 6.30. The highest BCUT2D eigenvalue weighted by Crippen LogP contribution is 2.23. The molecular weight excluding hydrogens is 276 g/mol. The van der Waals surface area contributed by atoms with Crippen LogP contribution in [-0.2, 0) is 13.1 Å². The lowest BCUT2D eigenvalue weighted by Crippen LogP contribution is -2.27. The summed E-state index contributed by atoms with van der Waals surface area (Å²) in [5.41, 5.74) is 2.70. The highest BCUT2D eigenvalue weighted by Gasteiger charge is 2.22. The molecule has 1 saturated heterocycles. The average molecular weight is 298 g/mol. The fourth-order valence-electron chi connectivity index (χ4n) is 3.65. The molecule has 2 aliphatic rings. The number of amides is 1. The van der Waals surface area contributed by atoms with Gasteiger partial charge < -0.3 is 9.88 Å². The number of nitrogens with one attached hydrogen (secondary N) is 1. The molecule has 5 nitrogen and oxygen atoms in total. The first kappa shape index (κ1) is 13.8. The standard InChI is InChI=1S/C17H22N4O/c22-17-13-6-5-7-14-16(13)21(11-8-18-17)15(19-14)12-20-9-3-1-2-4-10-20/h5-7H,1-4,8-12H2,(H,18,22). The molecule has 1 fully saturated rings. The summed E-state index contributed by atoms with van der Waals surface area (Å²) in [5.74, 6) is 1.12. The molecular formula is C17H22N4O. The number of imidazole rings is 1. The SMILES string of the molecule is O=C1NCCn2c(CN3CCCCCC3)nc3cccc1c32. The summed E-state index contributed by atoms with van der Waals surface area (Å²) in [6, 6.07) is 5.84. The van der Waals surface area contributed by atoms with E-state index >= 15 is 0 Å². The van der Waals surface area contributed by atoms with Crippen molar-refractivity contribution >= 4 is 16.9 Å². The summed E-state index contributed by atoms with van der Waals surface area (Å²) < 4.78 is 2.24. The molecule has 22 heavy (non-hydrogen) atoms. The summed E-state index contributed by atoms with van der Waals surface area (Å²) in [7, 11) is 0. The largest absolute Gasteiger partial charge is 0.350 e. The van der Waals surface area contributed by atoms with Crippen LogP contribution in [0.15, 0.2) is 18.2 Å². The van der Waals surface area contributed by atoms with E-state index in [0.29, 0.717) is 6.54 Å². The Bertz CT molecular complexity index is 698. The van der Waals surface area contributed by atoms with Gasteiger partial charge in [-0.05, 0) is 38.1 Å². The second-order valence-electron chi connectivity index (χ2n) is 6.30. The summed E-state index contributed by atoms with van der Waals surface area (Å²) in [5, 5.41) is 2.98. The van der Waals surface area contributed by atoms with E-state index in [1.54, 1.807) is 0 Å². The molecule has 0 unspecified atom stereocenters. The first-order valence-corrected chi connectivity index (χ1v) is 8.31. The summed E-state index contributed by atoms with van der Waals surface area (Å²) >= 11 is 0. The van der Waals surface area contributed by atoms with Crippen LogP contribution in [0.3, 0.4) is 0 Å². The van der Waals surface area contributed by atoms with Crippen molar-refractivity contribution in [2.24, 2.45) is 0 Å². The van der Waals surface area contributed by atoms with Gasteiger partial charge in [-0.3, -0.25) is 9.69 Å². The summed E-state index contributed by atoms with van der Waals surface area (Å²) in [6.07, 6.45) is 5.25. The molecule has 3 heterocycles. The van der Waals surface area contributed by atoms with Crippen LogP contribution in [0.2, 0.25) is 0 Å². The van der Waals surface area contributed by atoms with E-state index in [9.17, 15) is 4.79 Å². The van der Waals surface area contributed by atoms with Crippen LogP contribution in [0.1, 0.15) is 41.9 Å². The topological polar surface area (TPSA) is 50.2 Å². The molecule has 1 N–H and O–H groups in total. The number of para-hydroxylation sites is 1. The predicted octanol–water partition coefficient (Wildman–Crippen LogP) is 2.16. The number of rotatable bonds is 2. The summed E-state index contributed by atoms with van der Waals surface area (Å²) in [4.78, 5) is 19.5. The third-order valence-corrected chi connectivity index (χ3v) is 4.78. The molecule has 0 atom stereocenters. The Hall–Kier alpha value is -1.88. The zero-order chi connectivity index (χ0) is 14.9. The predicted molar refractivity (Wildman–Crippen MR) is 85.8 cm³/mol. The lowest BCUT2D eigenvalue weighted by molar-refractivity contribution is 0.0956. The van der Waals surface area contributed by atoms with Gasteiger partial charge in [0, 0.05) is 13.1 Å². The lowest BCUT2D eigenvalue weighted by Gasteiger charge is -2.19. The van der Waals surface area contributed by atoms with Crippen molar-refractivity contribution in [3.05, 3.63) is 29.6 Å². The second kappa shape index (κ2) is 5.72. The van der Waals surface area contributed by atoms with Crippen molar-refractivity contribution in [1.82, 2.24) is 19.8 Å². The fraction of sp³-hybridized carbons (Fsp3) is 0.529. The molecule has 0 saturated carbocycles. The Labute approximate surface area is 130 Å². The highest BCUT2D eigenvalue weighted by atomic mass is 16.1. The first-order chi connectivity index (χ1) is 10.8. The van der Waals surface area contributed by atoms with Gasteiger partial charge in [-0.2, -0.15) is 0 Å². The number of aromatic nitrogens is 2. The molecule has 5 heteroatoms. The van der Waals surface area contributed by atoms with E-state index in [4.69, 9.17) is 4.98 Å². The number of carbonyl (C=O) groups is 1. The van der Waals surface area contributed by atoms with Crippen LogP contribution in [0, 0.1) is 0 Å². The van der Waals surface area contributed by atoms with Gasteiger partial charge >= 0.3 is 0 Å². The third-order valence-electron chi connectivity index (χ3n) is 4.78. The maximum absolute atomic E-state index is 12.2. The normalized spacial score (nSPS) is 19.7. The van der Waals surface area contributed by atoms with Gasteiger partial charge in [0.1, 0.15) is 5.82 Å². The Morgan fingerprint density at radius 1 is 1.09 bits per heavy atom. The molecule has 0 aliphatic carbocycles. The average Bonchev–Trinajstić information content (AvgIpc) is 2.70. The van der Waals surface area contributed by atoms with Gasteiger partial charge in [0.05, 0.1) is 23.1 Å². The van der Waals surface area contributed by atoms with Gasteiger partial charge in [-0.25, -0.2) is 4.98 Å². The molecule has 2 aromatic rings. The molecule has 1 aromatic heterocycles.